The van der Waals surface area contributed by atoms with Crippen LogP contribution in [-0.4, -0.2) is 32.9 Å². The number of thiol groups is 2. The van der Waals surface area contributed by atoms with E-state index in [1.54, 1.807) is 0 Å². The summed E-state index contributed by atoms with van der Waals surface area (Å²) in [6.07, 6.45) is 2.64. The third-order valence-electron chi connectivity index (χ3n) is 2.39. The zero-order valence-corrected chi connectivity index (χ0v) is 8.72. The average molecular weight is 208 g/mol. The molecular formula is C8H16O2S2. The first-order valence-corrected chi connectivity index (χ1v) is 5.38. The highest BCUT2D eigenvalue weighted by molar-refractivity contribution is 7.85. The molecule has 0 aromatic rings. The van der Waals surface area contributed by atoms with E-state index in [1.807, 2.05) is 0 Å². The van der Waals surface area contributed by atoms with Crippen molar-refractivity contribution in [2.24, 2.45) is 0 Å². The van der Waals surface area contributed by atoms with Gasteiger partial charge in [-0.2, -0.15) is 25.3 Å². The maximum atomic E-state index is 9.53. The lowest BCUT2D eigenvalue weighted by Gasteiger charge is -2.29. The van der Waals surface area contributed by atoms with E-state index in [-0.39, 0.29) is 10.5 Å². The Bertz CT molecular complexity index is 127. The van der Waals surface area contributed by atoms with Crippen molar-refractivity contribution in [1.29, 1.82) is 0 Å². The summed E-state index contributed by atoms with van der Waals surface area (Å²) in [6.45, 7) is 0. The summed E-state index contributed by atoms with van der Waals surface area (Å²) in [6, 6.07) is 0. The maximum Gasteiger partial charge on any atom is 0.0667 e. The van der Waals surface area contributed by atoms with Gasteiger partial charge in [-0.15, -0.1) is 0 Å². The highest BCUT2D eigenvalue weighted by Crippen LogP contribution is 2.25. The second-order valence-electron chi connectivity index (χ2n) is 3.40. The Morgan fingerprint density at radius 1 is 0.833 bits per heavy atom. The first-order valence-electron chi connectivity index (χ1n) is 4.35. The molecule has 1 saturated carbocycles. The lowest BCUT2D eigenvalue weighted by atomic mass is 9.96. The van der Waals surface area contributed by atoms with Gasteiger partial charge in [0.15, 0.2) is 0 Å². The van der Waals surface area contributed by atoms with Gasteiger partial charge in [-0.3, -0.25) is 0 Å². The van der Waals surface area contributed by atoms with Crippen LogP contribution in [0.2, 0.25) is 0 Å². The molecular weight excluding hydrogens is 192 g/mol. The quantitative estimate of drug-likeness (QED) is 0.446. The molecule has 2 nitrogen and oxygen atoms in total. The Morgan fingerprint density at radius 3 is 1.50 bits per heavy atom. The van der Waals surface area contributed by atoms with E-state index < -0.39 is 12.2 Å². The van der Waals surface area contributed by atoms with Crippen LogP contribution in [0, 0.1) is 0 Å². The van der Waals surface area contributed by atoms with E-state index in [2.05, 4.69) is 25.3 Å². The third kappa shape index (κ3) is 2.55. The fourth-order valence-corrected chi connectivity index (χ4v) is 2.20. The van der Waals surface area contributed by atoms with Gasteiger partial charge in [-0.25, -0.2) is 0 Å². The Labute approximate surface area is 84.2 Å². The van der Waals surface area contributed by atoms with Crippen molar-refractivity contribution in [3.63, 3.8) is 0 Å². The number of aliphatic hydroxyl groups excluding tert-OH is 2. The lowest BCUT2D eigenvalue weighted by molar-refractivity contribution is 0.0981. The van der Waals surface area contributed by atoms with Crippen molar-refractivity contribution in [2.45, 2.75) is 48.4 Å². The van der Waals surface area contributed by atoms with Crippen molar-refractivity contribution in [3.8, 4) is 0 Å². The molecule has 4 unspecified atom stereocenters. The summed E-state index contributed by atoms with van der Waals surface area (Å²) in [5, 5.41) is 18.7. The van der Waals surface area contributed by atoms with E-state index in [0.717, 1.165) is 25.7 Å². The van der Waals surface area contributed by atoms with Crippen LogP contribution in [0.25, 0.3) is 0 Å². The second kappa shape index (κ2) is 4.74. The predicted molar refractivity (Wildman–Crippen MR) is 56.0 cm³/mol. The molecule has 0 bridgehead atoms. The van der Waals surface area contributed by atoms with Crippen LogP contribution in [0.5, 0.6) is 0 Å². The lowest BCUT2D eigenvalue weighted by Crippen LogP contribution is -2.39. The van der Waals surface area contributed by atoms with Crippen LogP contribution in [0.1, 0.15) is 25.7 Å². The summed E-state index contributed by atoms with van der Waals surface area (Å²) < 4.78 is 0. The molecule has 1 aliphatic rings. The highest BCUT2D eigenvalue weighted by Gasteiger charge is 2.29. The topological polar surface area (TPSA) is 40.5 Å². The van der Waals surface area contributed by atoms with Crippen molar-refractivity contribution in [2.75, 3.05) is 0 Å². The second-order valence-corrected chi connectivity index (χ2v) is 4.59. The molecule has 0 amide bonds. The highest BCUT2D eigenvalue weighted by atomic mass is 32.1. The molecule has 4 atom stereocenters. The summed E-state index contributed by atoms with van der Waals surface area (Å²) >= 11 is 8.48. The average Bonchev–Trinajstić information content (AvgIpc) is 2.07. The van der Waals surface area contributed by atoms with Crippen LogP contribution < -0.4 is 0 Å². The summed E-state index contributed by atoms with van der Waals surface area (Å²) in [5.41, 5.74) is 0. The molecule has 1 aliphatic carbocycles. The minimum absolute atomic E-state index is 0.205. The largest absolute Gasteiger partial charge is 0.392 e. The smallest absolute Gasteiger partial charge is 0.0667 e. The predicted octanol–water partition coefficient (Wildman–Crippen LogP) is 0.879. The van der Waals surface area contributed by atoms with Gasteiger partial charge in [0.2, 0.25) is 0 Å². The Balaban J connectivity index is 2.55. The molecule has 0 aliphatic heterocycles. The van der Waals surface area contributed by atoms with Gasteiger partial charge in [0.05, 0.1) is 12.2 Å². The minimum Gasteiger partial charge on any atom is -0.392 e. The zero-order chi connectivity index (χ0) is 9.14. The van der Waals surface area contributed by atoms with Crippen molar-refractivity contribution in [3.05, 3.63) is 0 Å². The number of rotatable bonds is 0. The monoisotopic (exact) mass is 208 g/mol. The molecule has 0 radical (unpaired) electrons. The zero-order valence-electron chi connectivity index (χ0n) is 6.93. The van der Waals surface area contributed by atoms with Crippen LogP contribution in [0.3, 0.4) is 0 Å². The Hall–Kier alpha value is 0.620. The molecule has 0 aromatic carbocycles. The van der Waals surface area contributed by atoms with Gasteiger partial charge in [0.25, 0.3) is 0 Å². The first-order chi connectivity index (χ1) is 5.63. The van der Waals surface area contributed by atoms with E-state index in [9.17, 15) is 10.2 Å². The molecule has 2 N–H and O–H groups in total. The summed E-state index contributed by atoms with van der Waals surface area (Å²) in [7, 11) is 0. The van der Waals surface area contributed by atoms with Crippen LogP contribution >= 0.6 is 25.3 Å². The van der Waals surface area contributed by atoms with Gasteiger partial charge >= 0.3 is 0 Å². The molecule has 4 heteroatoms. The SMILES string of the molecule is OC1CCCCC(O)C(S)C1S. The molecule has 0 heterocycles. The van der Waals surface area contributed by atoms with Crippen LogP contribution in [-0.2, 0) is 0 Å². The van der Waals surface area contributed by atoms with Crippen molar-refractivity contribution in [1.82, 2.24) is 0 Å². The normalized spacial score (nSPS) is 45.0. The van der Waals surface area contributed by atoms with Gasteiger partial charge in [0.1, 0.15) is 0 Å². The van der Waals surface area contributed by atoms with Gasteiger partial charge < -0.3 is 10.2 Å². The van der Waals surface area contributed by atoms with Gasteiger partial charge in [-0.1, -0.05) is 12.8 Å². The fraction of sp³-hybridized carbons (Fsp3) is 1.00. The molecule has 12 heavy (non-hydrogen) atoms. The summed E-state index contributed by atoms with van der Waals surface area (Å²) in [5.74, 6) is 0. The van der Waals surface area contributed by atoms with E-state index in [1.165, 1.54) is 0 Å². The molecule has 0 spiro atoms. The standard InChI is InChI=1S/C8H16O2S2/c9-5-3-1-2-4-6(10)8(12)7(5)11/h5-12H,1-4H2. The fourth-order valence-electron chi connectivity index (χ4n) is 1.50. The molecule has 0 saturated heterocycles. The third-order valence-corrected chi connectivity index (χ3v) is 3.95. The minimum atomic E-state index is -0.425. The van der Waals surface area contributed by atoms with E-state index in [0.29, 0.717) is 0 Å². The van der Waals surface area contributed by atoms with Crippen LogP contribution in [0.4, 0.5) is 0 Å². The molecule has 1 fully saturated rings. The number of aliphatic hydroxyl groups is 2. The summed E-state index contributed by atoms with van der Waals surface area (Å²) in [4.78, 5) is 0. The molecule has 0 aromatic heterocycles. The number of hydrogen-bond donors (Lipinski definition) is 4. The van der Waals surface area contributed by atoms with Crippen molar-refractivity contribution >= 4 is 25.3 Å². The van der Waals surface area contributed by atoms with Crippen molar-refractivity contribution < 1.29 is 10.2 Å². The maximum absolute atomic E-state index is 9.53. The molecule has 72 valence electrons. The number of hydrogen-bond acceptors (Lipinski definition) is 4. The Kier molecular flexibility index (Phi) is 4.23. The van der Waals surface area contributed by atoms with E-state index >= 15 is 0 Å². The van der Waals surface area contributed by atoms with E-state index in [4.69, 9.17) is 0 Å². The Morgan fingerprint density at radius 2 is 1.17 bits per heavy atom. The first kappa shape index (κ1) is 10.7. The van der Waals surface area contributed by atoms with Crippen LogP contribution in [0.15, 0.2) is 0 Å². The van der Waals surface area contributed by atoms with Gasteiger partial charge in [0, 0.05) is 10.5 Å². The molecule has 1 rings (SSSR count). The van der Waals surface area contributed by atoms with Gasteiger partial charge in [-0.05, 0) is 12.8 Å².